The van der Waals surface area contributed by atoms with E-state index in [9.17, 15) is 17.6 Å². The van der Waals surface area contributed by atoms with Crippen molar-refractivity contribution in [2.75, 3.05) is 26.2 Å². The molecule has 1 fully saturated rings. The van der Waals surface area contributed by atoms with E-state index in [1.165, 1.54) is 11.3 Å². The topological polar surface area (TPSA) is 15.3 Å². The minimum absolute atomic E-state index is 0. The van der Waals surface area contributed by atoms with E-state index < -0.39 is 34.9 Å². The Balaban J connectivity index is 0.00000192. The zero-order chi connectivity index (χ0) is 15.7. The maximum absolute atomic E-state index is 14.2. The van der Waals surface area contributed by atoms with Crippen LogP contribution in [0.15, 0.2) is 22.9 Å². The molecule has 0 saturated carbocycles. The van der Waals surface area contributed by atoms with Crippen LogP contribution in [0.5, 0.6) is 0 Å². The quantitative estimate of drug-likeness (QED) is 0.658. The molecule has 1 aliphatic heterocycles. The molecular weight excluding hydrogens is 352 g/mol. The van der Waals surface area contributed by atoms with Gasteiger partial charge in [-0.2, -0.15) is 11.3 Å². The Morgan fingerprint density at radius 2 is 1.65 bits per heavy atom. The molecule has 23 heavy (non-hydrogen) atoms. The number of benzene rings is 1. The molecule has 2 nitrogen and oxygen atoms in total. The van der Waals surface area contributed by atoms with E-state index >= 15 is 0 Å². The van der Waals surface area contributed by atoms with E-state index in [1.807, 2.05) is 4.90 Å². The summed E-state index contributed by atoms with van der Waals surface area (Å²) in [5.74, 6) is -5.39. The first-order valence-electron chi connectivity index (χ1n) is 6.89. The second-order valence-electron chi connectivity index (χ2n) is 5.13. The molecule has 1 aromatic heterocycles. The average Bonchev–Trinajstić information content (AvgIpc) is 3.04. The number of hydrogen-bond acceptors (Lipinski definition) is 3. The van der Waals surface area contributed by atoms with Gasteiger partial charge in [0.1, 0.15) is 0 Å². The van der Waals surface area contributed by atoms with Crippen LogP contribution in [0, 0.1) is 23.3 Å². The lowest BCUT2D eigenvalue weighted by Crippen LogP contribution is -2.45. The van der Waals surface area contributed by atoms with Crippen molar-refractivity contribution in [2.45, 2.75) is 6.04 Å². The smallest absolute Gasteiger partial charge is 0.167 e. The van der Waals surface area contributed by atoms with Gasteiger partial charge in [0.15, 0.2) is 23.3 Å². The van der Waals surface area contributed by atoms with Gasteiger partial charge in [-0.1, -0.05) is 0 Å². The number of halogens is 5. The van der Waals surface area contributed by atoms with Crippen LogP contribution in [0.1, 0.15) is 17.2 Å². The molecule has 0 radical (unpaired) electrons. The molecular formula is C15H15ClF4N2S. The van der Waals surface area contributed by atoms with E-state index in [2.05, 4.69) is 5.32 Å². The Morgan fingerprint density at radius 3 is 2.17 bits per heavy atom. The lowest BCUT2D eigenvalue weighted by Gasteiger charge is -2.35. The molecule has 0 spiro atoms. The van der Waals surface area contributed by atoms with Crippen LogP contribution in [0.3, 0.4) is 0 Å². The molecule has 3 rings (SSSR count). The number of thiophene rings is 1. The first-order chi connectivity index (χ1) is 10.6. The van der Waals surface area contributed by atoms with Gasteiger partial charge in [-0.3, -0.25) is 4.90 Å². The molecule has 0 unspecified atom stereocenters. The zero-order valence-electron chi connectivity index (χ0n) is 12.0. The van der Waals surface area contributed by atoms with Crippen LogP contribution >= 0.6 is 23.7 Å². The number of nitrogens with one attached hydrogen (secondary N) is 1. The SMILES string of the molecule is Cl.Fc1cc(F)c(F)c([C@@H](c2ccsc2)N2CCNCC2)c1F. The van der Waals surface area contributed by atoms with Crippen molar-refractivity contribution in [3.8, 4) is 0 Å². The Hall–Kier alpha value is -1.15. The Kier molecular flexibility index (Phi) is 6.02. The van der Waals surface area contributed by atoms with E-state index in [-0.39, 0.29) is 18.5 Å². The molecule has 0 aliphatic carbocycles. The van der Waals surface area contributed by atoms with Gasteiger partial charge in [0.05, 0.1) is 11.6 Å². The van der Waals surface area contributed by atoms with Gasteiger partial charge in [0, 0.05) is 32.2 Å². The van der Waals surface area contributed by atoms with Crippen molar-refractivity contribution in [3.63, 3.8) is 0 Å². The van der Waals surface area contributed by atoms with Crippen LogP contribution in [0.25, 0.3) is 0 Å². The lowest BCUT2D eigenvalue weighted by molar-refractivity contribution is 0.190. The van der Waals surface area contributed by atoms with Crippen LogP contribution in [-0.2, 0) is 0 Å². The Morgan fingerprint density at radius 1 is 1.04 bits per heavy atom. The summed E-state index contributed by atoms with van der Waals surface area (Å²) in [7, 11) is 0. The molecule has 2 heterocycles. The molecule has 1 aromatic carbocycles. The average molecular weight is 367 g/mol. The fraction of sp³-hybridized carbons (Fsp3) is 0.333. The number of hydrogen-bond donors (Lipinski definition) is 1. The third-order valence-corrected chi connectivity index (χ3v) is 4.50. The van der Waals surface area contributed by atoms with Crippen molar-refractivity contribution in [2.24, 2.45) is 0 Å². The Bertz CT molecular complexity index is 634. The maximum Gasteiger partial charge on any atom is 0.167 e. The van der Waals surface area contributed by atoms with Crippen molar-refractivity contribution in [1.29, 1.82) is 0 Å². The van der Waals surface area contributed by atoms with Gasteiger partial charge in [0.2, 0.25) is 0 Å². The minimum Gasteiger partial charge on any atom is -0.314 e. The summed E-state index contributed by atoms with van der Waals surface area (Å²) in [6.45, 7) is 2.39. The van der Waals surface area contributed by atoms with E-state index in [1.54, 1.807) is 16.8 Å². The zero-order valence-corrected chi connectivity index (χ0v) is 13.6. The summed E-state index contributed by atoms with van der Waals surface area (Å²) in [5, 5.41) is 6.66. The summed E-state index contributed by atoms with van der Waals surface area (Å²) in [6.07, 6.45) is 0. The van der Waals surface area contributed by atoms with Gasteiger partial charge < -0.3 is 5.32 Å². The molecule has 1 N–H and O–H groups in total. The number of piperazine rings is 1. The highest BCUT2D eigenvalue weighted by Gasteiger charge is 2.32. The third kappa shape index (κ3) is 3.52. The third-order valence-electron chi connectivity index (χ3n) is 3.79. The molecule has 0 bridgehead atoms. The Labute approximate surface area is 141 Å². The highest BCUT2D eigenvalue weighted by molar-refractivity contribution is 7.08. The summed E-state index contributed by atoms with van der Waals surface area (Å²) in [5.41, 5.74) is 0.0764. The fourth-order valence-electron chi connectivity index (χ4n) is 2.76. The number of rotatable bonds is 3. The fourth-order valence-corrected chi connectivity index (χ4v) is 3.44. The molecule has 126 valence electrons. The summed E-state index contributed by atoms with van der Waals surface area (Å²) < 4.78 is 55.6. The van der Waals surface area contributed by atoms with E-state index in [4.69, 9.17) is 0 Å². The van der Waals surface area contributed by atoms with E-state index in [0.717, 1.165) is 0 Å². The van der Waals surface area contributed by atoms with Gasteiger partial charge in [0.25, 0.3) is 0 Å². The standard InChI is InChI=1S/C15H14F4N2S.ClH/c16-10-7-11(17)14(19)12(13(10)18)15(9-1-6-22-8-9)21-4-2-20-3-5-21;/h1,6-8,15,20H,2-5H2;1H/t15-;/m1./s1. The van der Waals surface area contributed by atoms with Gasteiger partial charge in [-0.25, -0.2) is 17.6 Å². The predicted molar refractivity (Wildman–Crippen MR) is 84.1 cm³/mol. The van der Waals surface area contributed by atoms with Crippen molar-refractivity contribution in [3.05, 3.63) is 57.3 Å². The highest BCUT2D eigenvalue weighted by atomic mass is 35.5. The minimum atomic E-state index is -1.37. The molecule has 8 heteroatoms. The van der Waals surface area contributed by atoms with Gasteiger partial charge in [-0.15, -0.1) is 12.4 Å². The van der Waals surface area contributed by atoms with Gasteiger partial charge in [-0.05, 0) is 22.4 Å². The summed E-state index contributed by atoms with van der Waals surface area (Å²) in [4.78, 5) is 1.83. The first-order valence-corrected chi connectivity index (χ1v) is 7.83. The molecule has 1 saturated heterocycles. The number of nitrogens with zero attached hydrogens (tertiary/aromatic N) is 1. The monoisotopic (exact) mass is 366 g/mol. The molecule has 1 atom stereocenters. The molecule has 2 aromatic rings. The summed E-state index contributed by atoms with van der Waals surface area (Å²) in [6, 6.07) is 1.13. The molecule has 1 aliphatic rings. The van der Waals surface area contributed by atoms with E-state index in [0.29, 0.717) is 31.7 Å². The van der Waals surface area contributed by atoms with Crippen molar-refractivity contribution in [1.82, 2.24) is 10.2 Å². The first kappa shape index (κ1) is 18.2. The summed E-state index contributed by atoms with van der Waals surface area (Å²) >= 11 is 1.37. The highest BCUT2D eigenvalue weighted by Crippen LogP contribution is 2.35. The van der Waals surface area contributed by atoms with Crippen molar-refractivity contribution < 1.29 is 17.6 Å². The second-order valence-corrected chi connectivity index (χ2v) is 5.91. The van der Waals surface area contributed by atoms with Gasteiger partial charge >= 0.3 is 0 Å². The molecule has 0 amide bonds. The van der Waals surface area contributed by atoms with Crippen LogP contribution < -0.4 is 5.32 Å². The maximum atomic E-state index is 14.2. The van der Waals surface area contributed by atoms with Crippen LogP contribution in [0.2, 0.25) is 0 Å². The predicted octanol–water partition coefficient (Wildman–Crippen LogP) is 3.72. The normalized spacial score (nSPS) is 16.9. The lowest BCUT2D eigenvalue weighted by atomic mass is 9.97. The van der Waals surface area contributed by atoms with Crippen LogP contribution in [0.4, 0.5) is 17.6 Å². The van der Waals surface area contributed by atoms with Crippen LogP contribution in [-0.4, -0.2) is 31.1 Å². The van der Waals surface area contributed by atoms with Crippen molar-refractivity contribution >= 4 is 23.7 Å². The second kappa shape index (κ2) is 7.61. The largest absolute Gasteiger partial charge is 0.314 e.